The van der Waals surface area contributed by atoms with Gasteiger partial charge in [0, 0.05) is 11.6 Å². The normalized spacial score (nSPS) is 10.8. The summed E-state index contributed by atoms with van der Waals surface area (Å²) in [5.41, 5.74) is 0.426. The lowest BCUT2D eigenvalue weighted by molar-refractivity contribution is 0.108. The minimum atomic E-state index is -0.482. The van der Waals surface area contributed by atoms with E-state index in [0.717, 1.165) is 12.8 Å². The number of carbonyl (C=O) groups is 1. The van der Waals surface area contributed by atoms with Gasteiger partial charge in [-0.05, 0) is 36.6 Å². The Balaban J connectivity index is 2.38. The summed E-state index contributed by atoms with van der Waals surface area (Å²) in [6.07, 6.45) is 14.6. The van der Waals surface area contributed by atoms with Crippen molar-refractivity contribution in [3.63, 3.8) is 0 Å². The Morgan fingerprint density at radius 1 is 0.704 bits per heavy atom. The van der Waals surface area contributed by atoms with E-state index in [2.05, 4.69) is 13.8 Å². The SMILES string of the molecule is CCCCCCCCOc1cc(OCCCCCCCC)cc(C(=O)Cl)c1. The van der Waals surface area contributed by atoms with Crippen LogP contribution in [0.5, 0.6) is 11.5 Å². The Morgan fingerprint density at radius 2 is 1.11 bits per heavy atom. The molecule has 0 saturated heterocycles. The van der Waals surface area contributed by atoms with E-state index in [1.54, 1.807) is 12.1 Å². The van der Waals surface area contributed by atoms with E-state index in [4.69, 9.17) is 21.1 Å². The molecule has 0 amide bonds. The second kappa shape index (κ2) is 15.8. The van der Waals surface area contributed by atoms with Crippen LogP contribution in [0.25, 0.3) is 0 Å². The zero-order chi connectivity index (χ0) is 19.7. The van der Waals surface area contributed by atoms with E-state index in [-0.39, 0.29) is 0 Å². The molecule has 1 aromatic rings. The van der Waals surface area contributed by atoms with Crippen LogP contribution in [0.1, 0.15) is 101 Å². The molecule has 0 saturated carbocycles. The maximum Gasteiger partial charge on any atom is 0.252 e. The number of unbranched alkanes of at least 4 members (excludes halogenated alkanes) is 10. The molecule has 0 bridgehead atoms. The largest absolute Gasteiger partial charge is 0.493 e. The molecular weight excluding hydrogens is 360 g/mol. The second-order valence-corrected chi connectivity index (χ2v) is 7.54. The van der Waals surface area contributed by atoms with Gasteiger partial charge in [0.1, 0.15) is 11.5 Å². The summed E-state index contributed by atoms with van der Waals surface area (Å²) in [6, 6.07) is 5.26. The first-order valence-electron chi connectivity index (χ1n) is 10.8. The van der Waals surface area contributed by atoms with Crippen LogP contribution < -0.4 is 9.47 Å². The Morgan fingerprint density at radius 3 is 1.52 bits per heavy atom. The Hall–Kier alpha value is -1.22. The van der Waals surface area contributed by atoms with Gasteiger partial charge in [0.2, 0.25) is 0 Å². The highest BCUT2D eigenvalue weighted by molar-refractivity contribution is 6.67. The fourth-order valence-corrected chi connectivity index (χ4v) is 3.11. The number of hydrogen-bond acceptors (Lipinski definition) is 3. The average Bonchev–Trinajstić information content (AvgIpc) is 2.66. The molecule has 3 nitrogen and oxygen atoms in total. The molecule has 0 spiro atoms. The average molecular weight is 397 g/mol. The molecule has 0 aliphatic carbocycles. The predicted octanol–water partition coefficient (Wildman–Crippen LogP) is 7.54. The summed E-state index contributed by atoms with van der Waals surface area (Å²) in [4.78, 5) is 11.6. The zero-order valence-electron chi connectivity index (χ0n) is 17.2. The van der Waals surface area contributed by atoms with Crippen LogP contribution in [-0.4, -0.2) is 18.5 Å². The fraction of sp³-hybridized carbons (Fsp3) is 0.696. The van der Waals surface area contributed by atoms with E-state index in [0.29, 0.717) is 30.3 Å². The fourth-order valence-electron chi connectivity index (χ4n) is 3.00. The van der Waals surface area contributed by atoms with Gasteiger partial charge in [-0.2, -0.15) is 0 Å². The van der Waals surface area contributed by atoms with Crippen molar-refractivity contribution in [1.82, 2.24) is 0 Å². The van der Waals surface area contributed by atoms with Gasteiger partial charge in [0.05, 0.1) is 13.2 Å². The molecular formula is C23H37ClO3. The van der Waals surface area contributed by atoms with Crippen molar-refractivity contribution in [2.45, 2.75) is 90.9 Å². The third-order valence-electron chi connectivity index (χ3n) is 4.64. The number of benzene rings is 1. The van der Waals surface area contributed by atoms with Crippen LogP contribution in [-0.2, 0) is 0 Å². The molecule has 0 atom stereocenters. The Labute approximate surface area is 170 Å². The zero-order valence-corrected chi connectivity index (χ0v) is 18.0. The van der Waals surface area contributed by atoms with Crippen molar-refractivity contribution in [3.05, 3.63) is 23.8 Å². The van der Waals surface area contributed by atoms with Crippen LogP contribution in [0.4, 0.5) is 0 Å². The molecule has 0 aliphatic rings. The maximum atomic E-state index is 11.6. The predicted molar refractivity (Wildman–Crippen MR) is 114 cm³/mol. The van der Waals surface area contributed by atoms with Crippen molar-refractivity contribution in [1.29, 1.82) is 0 Å². The summed E-state index contributed by atoms with van der Waals surface area (Å²) in [5, 5.41) is -0.482. The topological polar surface area (TPSA) is 35.5 Å². The molecule has 27 heavy (non-hydrogen) atoms. The molecule has 0 heterocycles. The number of carbonyl (C=O) groups excluding carboxylic acids is 1. The van der Waals surface area contributed by atoms with Gasteiger partial charge in [0.15, 0.2) is 0 Å². The summed E-state index contributed by atoms with van der Waals surface area (Å²) in [5.74, 6) is 1.32. The molecule has 0 aliphatic heterocycles. The lowest BCUT2D eigenvalue weighted by Gasteiger charge is -2.11. The van der Waals surface area contributed by atoms with E-state index in [9.17, 15) is 4.79 Å². The van der Waals surface area contributed by atoms with Gasteiger partial charge >= 0.3 is 0 Å². The number of hydrogen-bond donors (Lipinski definition) is 0. The first-order valence-corrected chi connectivity index (χ1v) is 11.2. The van der Waals surface area contributed by atoms with Gasteiger partial charge < -0.3 is 9.47 Å². The monoisotopic (exact) mass is 396 g/mol. The first kappa shape index (κ1) is 23.8. The van der Waals surface area contributed by atoms with E-state index in [1.807, 2.05) is 6.07 Å². The van der Waals surface area contributed by atoms with Crippen LogP contribution >= 0.6 is 11.6 Å². The standard InChI is InChI=1S/C23H37ClO3/c1-3-5-7-9-11-13-15-26-21-17-20(23(24)25)18-22(19-21)27-16-14-12-10-8-6-4-2/h17-19H,3-16H2,1-2H3. The molecule has 154 valence electrons. The highest BCUT2D eigenvalue weighted by Gasteiger charge is 2.08. The van der Waals surface area contributed by atoms with Crippen molar-refractivity contribution in [2.75, 3.05) is 13.2 Å². The van der Waals surface area contributed by atoms with E-state index < -0.39 is 5.24 Å². The van der Waals surface area contributed by atoms with Crippen LogP contribution in [0, 0.1) is 0 Å². The molecule has 0 fully saturated rings. The quantitative estimate of drug-likeness (QED) is 0.201. The van der Waals surface area contributed by atoms with Crippen molar-refractivity contribution < 1.29 is 14.3 Å². The number of ether oxygens (including phenoxy) is 2. The van der Waals surface area contributed by atoms with Gasteiger partial charge in [-0.15, -0.1) is 0 Å². The van der Waals surface area contributed by atoms with Crippen LogP contribution in [0.15, 0.2) is 18.2 Å². The van der Waals surface area contributed by atoms with Crippen molar-refractivity contribution in [2.24, 2.45) is 0 Å². The molecule has 4 heteroatoms. The summed E-state index contributed by atoms with van der Waals surface area (Å²) in [7, 11) is 0. The first-order chi connectivity index (χ1) is 13.2. The molecule has 1 aromatic carbocycles. The Bertz CT molecular complexity index is 480. The maximum absolute atomic E-state index is 11.6. The second-order valence-electron chi connectivity index (χ2n) is 7.20. The highest BCUT2D eigenvalue weighted by atomic mass is 35.5. The van der Waals surface area contributed by atoms with Gasteiger partial charge in [-0.1, -0.05) is 78.1 Å². The number of halogens is 1. The van der Waals surface area contributed by atoms with Crippen LogP contribution in [0.2, 0.25) is 0 Å². The minimum Gasteiger partial charge on any atom is -0.493 e. The van der Waals surface area contributed by atoms with Gasteiger partial charge in [-0.25, -0.2) is 0 Å². The van der Waals surface area contributed by atoms with Gasteiger partial charge in [0.25, 0.3) is 5.24 Å². The third kappa shape index (κ3) is 12.0. The summed E-state index contributed by atoms with van der Waals surface area (Å²) in [6.45, 7) is 5.76. The van der Waals surface area contributed by atoms with Crippen LogP contribution in [0.3, 0.4) is 0 Å². The van der Waals surface area contributed by atoms with Crippen molar-refractivity contribution in [3.8, 4) is 11.5 Å². The highest BCUT2D eigenvalue weighted by Crippen LogP contribution is 2.25. The molecule has 0 unspecified atom stereocenters. The third-order valence-corrected chi connectivity index (χ3v) is 4.86. The lowest BCUT2D eigenvalue weighted by Crippen LogP contribution is -2.02. The van der Waals surface area contributed by atoms with Crippen molar-refractivity contribution >= 4 is 16.8 Å². The minimum absolute atomic E-state index is 0.426. The molecule has 0 N–H and O–H groups in total. The van der Waals surface area contributed by atoms with E-state index in [1.165, 1.54) is 64.2 Å². The summed E-state index contributed by atoms with van der Waals surface area (Å²) < 4.78 is 11.6. The number of rotatable bonds is 17. The molecule has 0 radical (unpaired) electrons. The molecule has 0 aromatic heterocycles. The Kier molecular flexibility index (Phi) is 13.9. The smallest absolute Gasteiger partial charge is 0.252 e. The summed E-state index contributed by atoms with van der Waals surface area (Å²) >= 11 is 5.66. The molecule has 1 rings (SSSR count). The van der Waals surface area contributed by atoms with E-state index >= 15 is 0 Å². The van der Waals surface area contributed by atoms with Gasteiger partial charge in [-0.3, -0.25) is 4.79 Å². The lowest BCUT2D eigenvalue weighted by atomic mass is 10.1.